The fraction of sp³-hybridized carbons (Fsp3) is 0.320. The molecule has 0 bridgehead atoms. The van der Waals surface area contributed by atoms with Gasteiger partial charge in [0.2, 0.25) is 0 Å². The van der Waals surface area contributed by atoms with Crippen molar-refractivity contribution in [3.05, 3.63) is 75.6 Å². The molecule has 0 spiro atoms. The predicted molar refractivity (Wildman–Crippen MR) is 121 cm³/mol. The van der Waals surface area contributed by atoms with E-state index in [1.807, 2.05) is 6.92 Å². The number of hydrogen-bond donors (Lipinski definition) is 1. The van der Waals surface area contributed by atoms with Gasteiger partial charge >= 0.3 is 17.7 Å². The van der Waals surface area contributed by atoms with Gasteiger partial charge in [0.15, 0.2) is 6.04 Å². The molecule has 0 aliphatic heterocycles. The molecule has 0 fully saturated rings. The van der Waals surface area contributed by atoms with Crippen molar-refractivity contribution in [1.82, 2.24) is 5.32 Å². The zero-order valence-corrected chi connectivity index (χ0v) is 18.9. The topological polar surface area (TPSA) is 94.8 Å². The lowest BCUT2D eigenvalue weighted by atomic mass is 10.0. The number of rotatable bonds is 5. The Hall–Kier alpha value is -3.61. The van der Waals surface area contributed by atoms with Crippen LogP contribution < -0.4 is 15.7 Å². The summed E-state index contributed by atoms with van der Waals surface area (Å²) in [5.41, 5.74) is 1.10. The number of carbonyl (C=O) groups excluding carboxylic acids is 2. The number of carbonyl (C=O) groups is 2. The van der Waals surface area contributed by atoms with E-state index in [2.05, 4.69) is 5.32 Å². The third kappa shape index (κ3) is 5.35. The normalized spacial score (nSPS) is 12.3. The summed E-state index contributed by atoms with van der Waals surface area (Å²) in [5, 5.41) is 3.37. The van der Waals surface area contributed by atoms with E-state index in [-0.39, 0.29) is 5.75 Å². The predicted octanol–water partition coefficient (Wildman–Crippen LogP) is 4.84. The summed E-state index contributed by atoms with van der Waals surface area (Å²) in [6.45, 7) is 8.87. The van der Waals surface area contributed by atoms with Crippen LogP contribution in [0.3, 0.4) is 0 Å². The maximum absolute atomic E-state index is 13.1. The molecule has 0 unspecified atom stereocenters. The fourth-order valence-corrected chi connectivity index (χ4v) is 3.33. The largest absolute Gasteiger partial charge is 0.444 e. The summed E-state index contributed by atoms with van der Waals surface area (Å²) >= 11 is 0. The van der Waals surface area contributed by atoms with E-state index in [1.54, 1.807) is 70.2 Å². The number of aryl methyl sites for hydroxylation is 2. The maximum Gasteiger partial charge on any atom is 0.408 e. The second kappa shape index (κ2) is 9.26. The van der Waals surface area contributed by atoms with Crippen molar-refractivity contribution in [2.45, 2.75) is 52.7 Å². The molecule has 7 heteroatoms. The zero-order valence-electron chi connectivity index (χ0n) is 18.9. The van der Waals surface area contributed by atoms with Gasteiger partial charge in [0, 0.05) is 17.0 Å². The van der Waals surface area contributed by atoms with Crippen LogP contribution in [-0.2, 0) is 16.0 Å². The highest BCUT2D eigenvalue weighted by atomic mass is 16.6. The Morgan fingerprint density at radius 2 is 1.78 bits per heavy atom. The van der Waals surface area contributed by atoms with E-state index < -0.39 is 29.3 Å². The molecule has 0 saturated heterocycles. The molecule has 1 heterocycles. The lowest BCUT2D eigenvalue weighted by molar-refractivity contribution is -0.137. The van der Waals surface area contributed by atoms with Crippen LogP contribution in [0, 0.1) is 6.92 Å². The molecule has 2 aromatic carbocycles. The van der Waals surface area contributed by atoms with E-state index >= 15 is 0 Å². The molecule has 168 valence electrons. The summed E-state index contributed by atoms with van der Waals surface area (Å²) < 4.78 is 16.3. The number of esters is 1. The van der Waals surface area contributed by atoms with Gasteiger partial charge in [-0.15, -0.1) is 0 Å². The van der Waals surface area contributed by atoms with Crippen LogP contribution in [0.4, 0.5) is 4.79 Å². The van der Waals surface area contributed by atoms with Crippen molar-refractivity contribution in [1.29, 1.82) is 0 Å². The minimum absolute atomic E-state index is 0.242. The van der Waals surface area contributed by atoms with Crippen LogP contribution in [0.15, 0.2) is 57.7 Å². The smallest absolute Gasteiger partial charge is 0.408 e. The summed E-state index contributed by atoms with van der Waals surface area (Å²) in [4.78, 5) is 37.4. The van der Waals surface area contributed by atoms with Gasteiger partial charge in [0.25, 0.3) is 0 Å². The quantitative estimate of drug-likeness (QED) is 0.349. The number of alkyl carbamates (subject to hydrolysis) is 1. The SMILES string of the molecule is CCc1cc(=O)oc2c(C)c(OC(=O)[C@H](NC(=O)OC(C)(C)C)c3ccccc3)ccc12. The second-order valence-electron chi connectivity index (χ2n) is 8.42. The van der Waals surface area contributed by atoms with Crippen LogP contribution in [0.5, 0.6) is 5.75 Å². The standard InChI is InChI=1S/C25H27NO6/c1-6-16-14-20(27)31-22-15(2)19(13-12-18(16)22)30-23(28)21(17-10-8-7-9-11-17)26-24(29)32-25(3,4)5/h7-14,21H,6H2,1-5H3,(H,26,29)/t21-/m1/s1. The molecule has 1 aromatic heterocycles. The summed E-state index contributed by atoms with van der Waals surface area (Å²) in [6.07, 6.45) is -0.0755. The van der Waals surface area contributed by atoms with E-state index in [4.69, 9.17) is 13.9 Å². The van der Waals surface area contributed by atoms with Crippen LogP contribution in [0.2, 0.25) is 0 Å². The van der Waals surface area contributed by atoms with Crippen molar-refractivity contribution in [3.63, 3.8) is 0 Å². The van der Waals surface area contributed by atoms with Crippen LogP contribution in [0.1, 0.15) is 50.4 Å². The van der Waals surface area contributed by atoms with E-state index in [0.717, 1.165) is 10.9 Å². The van der Waals surface area contributed by atoms with Crippen LogP contribution in [0.25, 0.3) is 11.0 Å². The molecular formula is C25H27NO6. The van der Waals surface area contributed by atoms with E-state index in [0.29, 0.717) is 23.1 Å². The Morgan fingerprint density at radius 3 is 2.41 bits per heavy atom. The van der Waals surface area contributed by atoms with Gasteiger partial charge in [-0.3, -0.25) is 0 Å². The molecule has 1 N–H and O–H groups in total. The zero-order chi connectivity index (χ0) is 23.5. The molecule has 1 atom stereocenters. The number of nitrogens with one attached hydrogen (secondary N) is 1. The first-order valence-electron chi connectivity index (χ1n) is 10.4. The Balaban J connectivity index is 1.94. The van der Waals surface area contributed by atoms with Crippen molar-refractivity contribution < 1.29 is 23.5 Å². The third-order valence-corrected chi connectivity index (χ3v) is 4.82. The number of ether oxygens (including phenoxy) is 2. The Morgan fingerprint density at radius 1 is 1.09 bits per heavy atom. The van der Waals surface area contributed by atoms with Gasteiger partial charge in [-0.1, -0.05) is 37.3 Å². The van der Waals surface area contributed by atoms with Gasteiger partial charge in [-0.2, -0.15) is 0 Å². The molecule has 7 nitrogen and oxygen atoms in total. The van der Waals surface area contributed by atoms with Crippen molar-refractivity contribution in [2.75, 3.05) is 0 Å². The molecule has 1 amide bonds. The lowest BCUT2D eigenvalue weighted by Crippen LogP contribution is -2.39. The number of hydrogen-bond acceptors (Lipinski definition) is 6. The van der Waals surface area contributed by atoms with Crippen LogP contribution in [-0.4, -0.2) is 17.7 Å². The monoisotopic (exact) mass is 437 g/mol. The number of fused-ring (bicyclic) bond motifs is 1. The van der Waals surface area contributed by atoms with Gasteiger partial charge in [-0.25, -0.2) is 14.4 Å². The minimum atomic E-state index is -1.09. The average Bonchev–Trinajstić information content (AvgIpc) is 2.73. The van der Waals surface area contributed by atoms with Gasteiger partial charge in [0.1, 0.15) is 16.9 Å². The van der Waals surface area contributed by atoms with Gasteiger partial charge in [-0.05, 0) is 57.4 Å². The second-order valence-corrected chi connectivity index (χ2v) is 8.42. The molecule has 3 aromatic rings. The molecule has 0 radical (unpaired) electrons. The number of benzene rings is 2. The van der Waals surface area contributed by atoms with Crippen LogP contribution >= 0.6 is 0 Å². The van der Waals surface area contributed by atoms with E-state index in [1.165, 1.54) is 6.07 Å². The summed E-state index contributed by atoms with van der Waals surface area (Å²) in [6, 6.07) is 12.5. The Labute approximate surface area is 186 Å². The molecule has 0 aliphatic rings. The molecule has 0 aliphatic carbocycles. The summed E-state index contributed by atoms with van der Waals surface area (Å²) in [7, 11) is 0. The number of amides is 1. The van der Waals surface area contributed by atoms with Crippen molar-refractivity contribution >= 4 is 23.0 Å². The lowest BCUT2D eigenvalue weighted by Gasteiger charge is -2.23. The first-order valence-corrected chi connectivity index (χ1v) is 10.4. The Kier molecular flexibility index (Phi) is 6.67. The molecule has 3 rings (SSSR count). The van der Waals surface area contributed by atoms with Crippen molar-refractivity contribution in [2.24, 2.45) is 0 Å². The third-order valence-electron chi connectivity index (χ3n) is 4.82. The maximum atomic E-state index is 13.1. The fourth-order valence-electron chi connectivity index (χ4n) is 3.33. The Bertz CT molecular complexity index is 1190. The highest BCUT2D eigenvalue weighted by molar-refractivity contribution is 5.88. The molecule has 32 heavy (non-hydrogen) atoms. The average molecular weight is 437 g/mol. The van der Waals surface area contributed by atoms with E-state index in [9.17, 15) is 14.4 Å². The summed E-state index contributed by atoms with van der Waals surface area (Å²) in [5.74, 6) is -0.454. The van der Waals surface area contributed by atoms with Crippen molar-refractivity contribution in [3.8, 4) is 5.75 Å². The first-order chi connectivity index (χ1) is 15.1. The molecular weight excluding hydrogens is 410 g/mol. The minimum Gasteiger partial charge on any atom is -0.444 e. The molecule has 0 saturated carbocycles. The van der Waals surface area contributed by atoms with Gasteiger partial charge in [0.05, 0.1) is 0 Å². The highest BCUT2D eigenvalue weighted by Gasteiger charge is 2.28. The first kappa shape index (κ1) is 23.1. The highest BCUT2D eigenvalue weighted by Crippen LogP contribution is 2.30. The van der Waals surface area contributed by atoms with Gasteiger partial charge < -0.3 is 19.2 Å².